The summed E-state index contributed by atoms with van der Waals surface area (Å²) in [6, 6.07) is 22.1. The third-order valence-electron chi connectivity index (χ3n) is 4.80. The minimum absolute atomic E-state index is 0.0764. The number of hydrogen-bond acceptors (Lipinski definition) is 4. The Kier molecular flexibility index (Phi) is 3.15. The average Bonchev–Trinajstić information content (AvgIpc) is 3.07. The Labute approximate surface area is 150 Å². The predicted molar refractivity (Wildman–Crippen MR) is 102 cm³/mol. The smallest absolute Gasteiger partial charge is 0.240 e. The highest BCUT2D eigenvalue weighted by molar-refractivity contribution is 6.12. The van der Waals surface area contributed by atoms with Crippen LogP contribution in [0.15, 0.2) is 76.7 Å². The van der Waals surface area contributed by atoms with Crippen LogP contribution in [-0.4, -0.2) is 28.1 Å². The van der Waals surface area contributed by atoms with Gasteiger partial charge in [0.15, 0.2) is 12.0 Å². The summed E-state index contributed by atoms with van der Waals surface area (Å²) in [5, 5.41) is 5.65. The lowest BCUT2D eigenvalue weighted by molar-refractivity contribution is -0.138. The van der Waals surface area contributed by atoms with Crippen molar-refractivity contribution in [2.24, 2.45) is 9.98 Å². The molecule has 0 saturated carbocycles. The molecule has 5 heteroatoms. The number of fused-ring (bicyclic) bond motifs is 4. The lowest BCUT2D eigenvalue weighted by atomic mass is 10.0. The molecule has 2 aliphatic rings. The maximum absolute atomic E-state index is 12.5. The Morgan fingerprint density at radius 2 is 1.73 bits per heavy atom. The lowest BCUT2D eigenvalue weighted by Crippen LogP contribution is -2.45. The number of hydrazine groups is 1. The number of nitrogens with zero attached hydrogens (tertiary/aromatic N) is 4. The van der Waals surface area contributed by atoms with Crippen molar-refractivity contribution in [2.75, 3.05) is 0 Å². The largest absolute Gasteiger partial charge is 0.273 e. The lowest BCUT2D eigenvalue weighted by Gasteiger charge is -2.31. The zero-order valence-electron chi connectivity index (χ0n) is 14.2. The van der Waals surface area contributed by atoms with Crippen LogP contribution in [0.5, 0.6) is 0 Å². The van der Waals surface area contributed by atoms with Gasteiger partial charge in [-0.2, -0.15) is 0 Å². The van der Waals surface area contributed by atoms with Gasteiger partial charge in [-0.25, -0.2) is 20.0 Å². The third-order valence-corrected chi connectivity index (χ3v) is 4.80. The van der Waals surface area contributed by atoms with E-state index in [2.05, 4.69) is 23.2 Å². The second kappa shape index (κ2) is 5.52. The molecule has 0 fully saturated rings. The van der Waals surface area contributed by atoms with Gasteiger partial charge in [0.1, 0.15) is 6.34 Å². The summed E-state index contributed by atoms with van der Waals surface area (Å²) in [4.78, 5) is 21.9. The van der Waals surface area contributed by atoms with Gasteiger partial charge in [-0.3, -0.25) is 4.79 Å². The quantitative estimate of drug-likeness (QED) is 0.671. The molecule has 1 unspecified atom stereocenters. The fourth-order valence-electron chi connectivity index (χ4n) is 3.65. The van der Waals surface area contributed by atoms with Crippen molar-refractivity contribution < 1.29 is 4.79 Å². The summed E-state index contributed by atoms with van der Waals surface area (Å²) in [5.41, 5.74) is 2.81. The van der Waals surface area contributed by atoms with Gasteiger partial charge in [-0.1, -0.05) is 54.6 Å². The van der Waals surface area contributed by atoms with Gasteiger partial charge in [0.2, 0.25) is 5.91 Å². The number of carbonyl (C=O) groups excluding carboxylic acids is 1. The van der Waals surface area contributed by atoms with E-state index in [0.717, 1.165) is 33.4 Å². The van der Waals surface area contributed by atoms with Crippen molar-refractivity contribution >= 4 is 34.5 Å². The van der Waals surface area contributed by atoms with Gasteiger partial charge in [-0.05, 0) is 22.9 Å². The minimum Gasteiger partial charge on any atom is -0.273 e. The van der Waals surface area contributed by atoms with E-state index >= 15 is 0 Å². The Bertz CT molecular complexity index is 1100. The second-order valence-corrected chi connectivity index (χ2v) is 6.36. The van der Waals surface area contributed by atoms with E-state index in [1.54, 1.807) is 23.3 Å². The molecule has 126 valence electrons. The van der Waals surface area contributed by atoms with Gasteiger partial charge in [-0.15, -0.1) is 0 Å². The number of amides is 1. The molecule has 1 amide bonds. The molecule has 0 aliphatic carbocycles. The van der Waals surface area contributed by atoms with Gasteiger partial charge < -0.3 is 0 Å². The van der Waals surface area contributed by atoms with E-state index in [1.807, 2.05) is 48.5 Å². The number of hydrogen-bond donors (Lipinski definition) is 0. The molecule has 0 N–H and O–H groups in total. The molecule has 1 atom stereocenters. The van der Waals surface area contributed by atoms with E-state index in [0.29, 0.717) is 0 Å². The second-order valence-electron chi connectivity index (χ2n) is 6.36. The summed E-state index contributed by atoms with van der Waals surface area (Å²) in [6.45, 7) is 1.56. The highest BCUT2D eigenvalue weighted by Crippen LogP contribution is 2.38. The maximum Gasteiger partial charge on any atom is 0.240 e. The third kappa shape index (κ3) is 2.07. The monoisotopic (exact) mass is 340 g/mol. The zero-order chi connectivity index (χ0) is 17.7. The first-order valence-corrected chi connectivity index (χ1v) is 8.52. The summed E-state index contributed by atoms with van der Waals surface area (Å²) >= 11 is 0. The SMILES string of the molecule is CC(=O)N1C(c2cccc3ccccc23)N=C2c3ccccc3N=CN21. The summed E-state index contributed by atoms with van der Waals surface area (Å²) in [6.07, 6.45) is 1.26. The number of para-hydroxylation sites is 1. The van der Waals surface area contributed by atoms with E-state index < -0.39 is 6.17 Å². The van der Waals surface area contributed by atoms with Gasteiger partial charge in [0.05, 0.1) is 5.69 Å². The van der Waals surface area contributed by atoms with Crippen LogP contribution in [-0.2, 0) is 4.79 Å². The molecule has 5 rings (SSSR count). The minimum atomic E-state index is -0.411. The van der Waals surface area contributed by atoms with Gasteiger partial charge in [0, 0.05) is 18.1 Å². The molecule has 0 aromatic heterocycles. The molecule has 0 radical (unpaired) electrons. The van der Waals surface area contributed by atoms with Crippen molar-refractivity contribution in [3.05, 3.63) is 77.9 Å². The fourth-order valence-corrected chi connectivity index (χ4v) is 3.65. The fraction of sp³-hybridized carbons (Fsp3) is 0.0952. The van der Waals surface area contributed by atoms with E-state index in [1.165, 1.54) is 0 Å². The van der Waals surface area contributed by atoms with Crippen molar-refractivity contribution in [1.29, 1.82) is 0 Å². The van der Waals surface area contributed by atoms with Gasteiger partial charge >= 0.3 is 0 Å². The molecular formula is C21H16N4O. The molecule has 0 spiro atoms. The number of benzene rings is 3. The van der Waals surface area contributed by atoms with Crippen molar-refractivity contribution in [2.45, 2.75) is 13.1 Å². The highest BCUT2D eigenvalue weighted by atomic mass is 16.2. The van der Waals surface area contributed by atoms with Gasteiger partial charge in [0.25, 0.3) is 0 Å². The first-order valence-electron chi connectivity index (χ1n) is 8.52. The zero-order valence-corrected chi connectivity index (χ0v) is 14.2. The molecule has 3 aromatic rings. The number of amidine groups is 1. The van der Waals surface area contributed by atoms with E-state index in [-0.39, 0.29) is 5.91 Å². The molecule has 2 aliphatic heterocycles. The molecule has 5 nitrogen and oxygen atoms in total. The van der Waals surface area contributed by atoms with Crippen molar-refractivity contribution in [1.82, 2.24) is 10.0 Å². The number of rotatable bonds is 1. The van der Waals surface area contributed by atoms with Crippen molar-refractivity contribution in [3.8, 4) is 0 Å². The van der Waals surface area contributed by atoms with Crippen LogP contribution in [0.3, 0.4) is 0 Å². The predicted octanol–water partition coefficient (Wildman–Crippen LogP) is 4.04. The molecule has 26 heavy (non-hydrogen) atoms. The van der Waals surface area contributed by atoms with E-state index in [9.17, 15) is 4.79 Å². The molecule has 2 heterocycles. The van der Waals surface area contributed by atoms with Crippen molar-refractivity contribution in [3.63, 3.8) is 0 Å². The summed E-state index contributed by atoms with van der Waals surface area (Å²) in [7, 11) is 0. The molecule has 0 saturated heterocycles. The Balaban J connectivity index is 1.73. The number of aliphatic imine (C=N–C) groups is 2. The summed E-state index contributed by atoms with van der Waals surface area (Å²) < 4.78 is 0. The first-order chi connectivity index (χ1) is 12.7. The Morgan fingerprint density at radius 3 is 2.62 bits per heavy atom. The van der Waals surface area contributed by atoms with E-state index in [4.69, 9.17) is 4.99 Å². The van der Waals surface area contributed by atoms with Crippen LogP contribution in [0.1, 0.15) is 24.2 Å². The van der Waals surface area contributed by atoms with Crippen LogP contribution in [0.25, 0.3) is 10.8 Å². The van der Waals surface area contributed by atoms with Crippen LogP contribution in [0, 0.1) is 0 Å². The molecular weight excluding hydrogens is 324 g/mol. The first kappa shape index (κ1) is 14.8. The molecule has 3 aromatic carbocycles. The van der Waals surface area contributed by atoms with Crippen LogP contribution >= 0.6 is 0 Å². The number of carbonyl (C=O) groups is 1. The van der Waals surface area contributed by atoms with Crippen LogP contribution in [0.2, 0.25) is 0 Å². The maximum atomic E-state index is 12.5. The highest BCUT2D eigenvalue weighted by Gasteiger charge is 2.39. The standard InChI is InChI=1S/C21H16N4O/c1-14(26)25-21(17-11-6-8-15-7-2-3-9-16(15)17)23-20-18-10-4-5-12-19(18)22-13-24(20)25/h2-13,21H,1H3. The Morgan fingerprint density at radius 1 is 0.962 bits per heavy atom. The Hall–Kier alpha value is -3.47. The normalized spacial score (nSPS) is 17.9. The summed E-state index contributed by atoms with van der Waals surface area (Å²) in [5.74, 6) is 0.677. The van der Waals surface area contributed by atoms with Crippen LogP contribution < -0.4 is 0 Å². The van der Waals surface area contributed by atoms with Crippen LogP contribution in [0.4, 0.5) is 5.69 Å². The average molecular weight is 340 g/mol. The topological polar surface area (TPSA) is 48.3 Å². The molecule has 0 bridgehead atoms.